The summed E-state index contributed by atoms with van der Waals surface area (Å²) in [7, 11) is -3.23. The van der Waals surface area contributed by atoms with Gasteiger partial charge in [-0.1, -0.05) is 6.92 Å². The Kier molecular flexibility index (Phi) is 3.27. The number of hydrogen-bond donors (Lipinski definition) is 1. The summed E-state index contributed by atoms with van der Waals surface area (Å²) in [6.07, 6.45) is 1.78. The molecule has 13 heavy (non-hydrogen) atoms. The van der Waals surface area contributed by atoms with Gasteiger partial charge in [0.1, 0.15) is 0 Å². The van der Waals surface area contributed by atoms with Gasteiger partial charge in [-0.15, -0.1) is 0 Å². The van der Waals surface area contributed by atoms with Crippen molar-refractivity contribution >= 4 is 15.7 Å². The maximum Gasteiger partial charge on any atom is 0.244 e. The molecule has 76 valence electrons. The van der Waals surface area contributed by atoms with Gasteiger partial charge in [0.15, 0.2) is 0 Å². The van der Waals surface area contributed by atoms with Crippen molar-refractivity contribution in [3.05, 3.63) is 0 Å². The predicted molar refractivity (Wildman–Crippen MR) is 50.0 cm³/mol. The zero-order valence-electron chi connectivity index (χ0n) is 7.78. The molecule has 1 fully saturated rings. The summed E-state index contributed by atoms with van der Waals surface area (Å²) >= 11 is 0. The smallest absolute Gasteiger partial charge is 0.244 e. The molecule has 0 radical (unpaired) electrons. The van der Waals surface area contributed by atoms with Crippen LogP contribution in [0.25, 0.3) is 0 Å². The Hall–Kier alpha value is -0.620. The van der Waals surface area contributed by atoms with Gasteiger partial charge in [0.05, 0.1) is 19.5 Å². The van der Waals surface area contributed by atoms with Crippen LogP contribution in [-0.2, 0) is 14.8 Å². The van der Waals surface area contributed by atoms with Crippen LogP contribution >= 0.6 is 0 Å². The van der Waals surface area contributed by atoms with Gasteiger partial charge in [0.25, 0.3) is 0 Å². The van der Waals surface area contributed by atoms with E-state index in [0.29, 0.717) is 19.6 Å². The highest BCUT2D eigenvalue weighted by atomic mass is 32.2. The summed E-state index contributed by atoms with van der Waals surface area (Å²) in [6, 6.07) is 0. The second-order valence-corrected chi connectivity index (χ2v) is 4.92. The molecular weight excluding hydrogens is 192 g/mol. The van der Waals surface area contributed by atoms with Gasteiger partial charge in [-0.2, -0.15) is 5.10 Å². The van der Waals surface area contributed by atoms with E-state index in [0.717, 1.165) is 12.0 Å². The van der Waals surface area contributed by atoms with Crippen LogP contribution < -0.4 is 4.83 Å². The third-order valence-electron chi connectivity index (χ3n) is 1.79. The molecule has 1 N–H and O–H groups in total. The maximum absolute atomic E-state index is 10.7. The Bertz CT molecular complexity index is 297. The number of sulfonamides is 1. The van der Waals surface area contributed by atoms with E-state index in [2.05, 4.69) is 9.93 Å². The van der Waals surface area contributed by atoms with Crippen molar-refractivity contribution in [1.29, 1.82) is 0 Å². The first kappa shape index (κ1) is 10.5. The number of rotatable bonds is 2. The topological polar surface area (TPSA) is 67.8 Å². The average Bonchev–Trinajstić information content (AvgIpc) is 2.01. The van der Waals surface area contributed by atoms with Gasteiger partial charge in [-0.05, 0) is 0 Å². The lowest BCUT2D eigenvalue weighted by Gasteiger charge is -2.20. The van der Waals surface area contributed by atoms with E-state index in [4.69, 9.17) is 4.74 Å². The van der Waals surface area contributed by atoms with E-state index < -0.39 is 10.0 Å². The lowest BCUT2D eigenvalue weighted by molar-refractivity contribution is 0.110. The molecule has 1 atom stereocenters. The Labute approximate surface area is 78.2 Å². The molecule has 1 aliphatic heterocycles. The van der Waals surface area contributed by atoms with Gasteiger partial charge >= 0.3 is 0 Å². The van der Waals surface area contributed by atoms with E-state index >= 15 is 0 Å². The lowest BCUT2D eigenvalue weighted by atomic mass is 10.0. The fraction of sp³-hybridized carbons (Fsp3) is 0.857. The maximum atomic E-state index is 10.7. The van der Waals surface area contributed by atoms with Crippen molar-refractivity contribution in [2.75, 3.05) is 19.5 Å². The minimum Gasteiger partial charge on any atom is -0.380 e. The molecule has 6 heteroatoms. The van der Waals surface area contributed by atoms with Crippen LogP contribution in [0.1, 0.15) is 13.3 Å². The van der Waals surface area contributed by atoms with Crippen LogP contribution in [0.15, 0.2) is 5.10 Å². The summed E-state index contributed by atoms with van der Waals surface area (Å²) in [5, 5.41) is 3.83. The summed E-state index contributed by atoms with van der Waals surface area (Å²) in [4.78, 5) is 2.13. The summed E-state index contributed by atoms with van der Waals surface area (Å²) in [5.41, 5.74) is 0.858. The minimum atomic E-state index is -3.23. The molecular formula is C7H14N2O3S. The van der Waals surface area contributed by atoms with Crippen LogP contribution in [0.3, 0.4) is 0 Å². The summed E-state index contributed by atoms with van der Waals surface area (Å²) in [5.74, 6) is 0.197. The summed E-state index contributed by atoms with van der Waals surface area (Å²) < 4.78 is 26.6. The standard InChI is InChI=1S/C7H14N2O3S/c1-6-5-12-4-3-7(6)8-9-13(2,10)11/h6,9H,3-5H2,1-2H3/b8-7-. The zero-order chi connectivity index (χ0) is 9.90. The van der Waals surface area contributed by atoms with Crippen LogP contribution in [0.4, 0.5) is 0 Å². The van der Waals surface area contributed by atoms with Crippen molar-refractivity contribution in [3.63, 3.8) is 0 Å². The quantitative estimate of drug-likeness (QED) is 0.644. The van der Waals surface area contributed by atoms with Crippen LogP contribution in [0.5, 0.6) is 0 Å². The van der Waals surface area contributed by atoms with Crippen molar-refractivity contribution in [2.45, 2.75) is 13.3 Å². The van der Waals surface area contributed by atoms with E-state index in [1.54, 1.807) is 0 Å². The predicted octanol–water partition coefficient (Wildman–Crippen LogP) is -0.0520. The van der Waals surface area contributed by atoms with E-state index in [1.807, 2.05) is 6.92 Å². The lowest BCUT2D eigenvalue weighted by Crippen LogP contribution is -2.28. The Morgan fingerprint density at radius 1 is 1.62 bits per heavy atom. The summed E-state index contributed by atoms with van der Waals surface area (Å²) in [6.45, 7) is 3.20. The third kappa shape index (κ3) is 3.73. The first-order chi connectivity index (χ1) is 5.99. The molecule has 0 aromatic carbocycles. The molecule has 1 heterocycles. The molecule has 0 aromatic rings. The molecule has 1 saturated heterocycles. The van der Waals surface area contributed by atoms with E-state index in [9.17, 15) is 8.42 Å². The van der Waals surface area contributed by atoms with Crippen LogP contribution in [0.2, 0.25) is 0 Å². The van der Waals surface area contributed by atoms with Crippen molar-refractivity contribution in [3.8, 4) is 0 Å². The van der Waals surface area contributed by atoms with Gasteiger partial charge in [-0.3, -0.25) is 0 Å². The second-order valence-electron chi connectivity index (χ2n) is 3.19. The number of nitrogens with one attached hydrogen (secondary N) is 1. The zero-order valence-corrected chi connectivity index (χ0v) is 8.60. The van der Waals surface area contributed by atoms with Gasteiger partial charge in [-0.25, -0.2) is 13.2 Å². The molecule has 0 amide bonds. The Morgan fingerprint density at radius 2 is 2.31 bits per heavy atom. The van der Waals surface area contributed by atoms with Crippen molar-refractivity contribution in [1.82, 2.24) is 4.83 Å². The first-order valence-electron chi connectivity index (χ1n) is 4.10. The molecule has 0 spiro atoms. The third-order valence-corrected chi connectivity index (χ3v) is 2.22. The van der Waals surface area contributed by atoms with Crippen molar-refractivity contribution < 1.29 is 13.2 Å². The second kappa shape index (κ2) is 4.06. The molecule has 1 aliphatic rings. The fourth-order valence-corrected chi connectivity index (χ4v) is 1.37. The molecule has 0 saturated carbocycles. The molecule has 1 unspecified atom stereocenters. The molecule has 1 rings (SSSR count). The number of ether oxygens (including phenoxy) is 1. The highest BCUT2D eigenvalue weighted by molar-refractivity contribution is 7.88. The average molecular weight is 206 g/mol. The normalized spacial score (nSPS) is 27.5. The highest BCUT2D eigenvalue weighted by Gasteiger charge is 2.16. The van der Waals surface area contributed by atoms with E-state index in [-0.39, 0.29) is 5.92 Å². The van der Waals surface area contributed by atoms with Crippen molar-refractivity contribution in [2.24, 2.45) is 11.0 Å². The number of hydrogen-bond acceptors (Lipinski definition) is 4. The number of hydrazone groups is 1. The first-order valence-corrected chi connectivity index (χ1v) is 5.99. The van der Waals surface area contributed by atoms with Gasteiger partial charge in [0.2, 0.25) is 10.0 Å². The fourth-order valence-electron chi connectivity index (χ4n) is 1.09. The van der Waals surface area contributed by atoms with E-state index in [1.165, 1.54) is 0 Å². The van der Waals surface area contributed by atoms with Crippen LogP contribution in [-0.4, -0.2) is 33.6 Å². The molecule has 0 aliphatic carbocycles. The highest BCUT2D eigenvalue weighted by Crippen LogP contribution is 2.09. The monoisotopic (exact) mass is 206 g/mol. The molecule has 5 nitrogen and oxygen atoms in total. The largest absolute Gasteiger partial charge is 0.380 e. The SMILES string of the molecule is CC1COCC/C1=N/NS(C)(=O)=O. The van der Waals surface area contributed by atoms with Crippen LogP contribution in [0, 0.1) is 5.92 Å². The molecule has 0 aromatic heterocycles. The number of nitrogens with zero attached hydrogens (tertiary/aromatic N) is 1. The minimum absolute atomic E-state index is 0.197. The molecule has 0 bridgehead atoms. The van der Waals surface area contributed by atoms with Gasteiger partial charge in [0, 0.05) is 18.1 Å². The Morgan fingerprint density at radius 3 is 2.85 bits per heavy atom. The Balaban J connectivity index is 2.59. The van der Waals surface area contributed by atoms with Gasteiger partial charge < -0.3 is 4.74 Å².